The Bertz CT molecular complexity index is 233. The number of carbonyl (C=O) groups is 1. The molecule has 0 bridgehead atoms. The number of rotatable bonds is 8. The van der Waals surface area contributed by atoms with Crippen LogP contribution < -0.4 is 0 Å². The molecule has 0 aliphatic heterocycles. The third-order valence-electron chi connectivity index (χ3n) is 2.76. The standard InChI is InChI=1S/C13H23NO2/c1-4-6-7-8-9-11(3)12(10-14)13(15)16-5-2/h11-12H,4-9H2,1-3H3. The summed E-state index contributed by atoms with van der Waals surface area (Å²) in [4.78, 5) is 11.5. The first kappa shape index (κ1) is 15.0. The van der Waals surface area contributed by atoms with Crippen LogP contribution in [0.3, 0.4) is 0 Å². The molecule has 0 aromatic rings. The predicted octanol–water partition coefficient (Wildman–Crippen LogP) is 3.30. The molecule has 0 aromatic heterocycles. The lowest BCUT2D eigenvalue weighted by Gasteiger charge is -2.15. The first-order chi connectivity index (χ1) is 7.67. The van der Waals surface area contributed by atoms with Gasteiger partial charge in [-0.25, -0.2) is 0 Å². The van der Waals surface area contributed by atoms with E-state index in [4.69, 9.17) is 10.00 Å². The van der Waals surface area contributed by atoms with Crippen LogP contribution in [0.15, 0.2) is 0 Å². The Labute approximate surface area is 98.8 Å². The van der Waals surface area contributed by atoms with E-state index < -0.39 is 5.92 Å². The number of esters is 1. The van der Waals surface area contributed by atoms with Crippen molar-refractivity contribution in [2.75, 3.05) is 6.61 Å². The van der Waals surface area contributed by atoms with Gasteiger partial charge in [-0.2, -0.15) is 5.26 Å². The number of carbonyl (C=O) groups excluding carboxylic acids is 1. The lowest BCUT2D eigenvalue weighted by molar-refractivity contribution is -0.147. The van der Waals surface area contributed by atoms with Crippen LogP contribution in [0.5, 0.6) is 0 Å². The molecular weight excluding hydrogens is 202 g/mol. The molecule has 0 amide bonds. The maximum absolute atomic E-state index is 11.5. The molecule has 0 aliphatic rings. The lowest BCUT2D eigenvalue weighted by atomic mass is 9.90. The number of nitriles is 1. The van der Waals surface area contributed by atoms with Crippen molar-refractivity contribution >= 4 is 5.97 Å². The molecule has 0 aliphatic carbocycles. The summed E-state index contributed by atoms with van der Waals surface area (Å²) in [6, 6.07) is 2.05. The first-order valence-corrected chi connectivity index (χ1v) is 6.23. The Morgan fingerprint density at radius 1 is 1.31 bits per heavy atom. The van der Waals surface area contributed by atoms with Crippen LogP contribution in [0.1, 0.15) is 52.9 Å². The molecular formula is C13H23NO2. The Morgan fingerprint density at radius 2 is 2.00 bits per heavy atom. The van der Waals surface area contributed by atoms with Crippen LogP contribution in [0.4, 0.5) is 0 Å². The van der Waals surface area contributed by atoms with E-state index in [1.807, 2.05) is 6.92 Å². The SMILES string of the molecule is CCCCCCC(C)C(C#N)C(=O)OCC. The molecule has 0 fully saturated rings. The van der Waals surface area contributed by atoms with Gasteiger partial charge in [-0.05, 0) is 19.3 Å². The van der Waals surface area contributed by atoms with Gasteiger partial charge in [0.15, 0.2) is 0 Å². The highest BCUT2D eigenvalue weighted by molar-refractivity contribution is 5.75. The summed E-state index contributed by atoms with van der Waals surface area (Å²) in [7, 11) is 0. The second kappa shape index (κ2) is 9.21. The van der Waals surface area contributed by atoms with Crippen molar-refractivity contribution < 1.29 is 9.53 Å². The fraction of sp³-hybridized carbons (Fsp3) is 0.846. The van der Waals surface area contributed by atoms with Gasteiger partial charge in [0.2, 0.25) is 0 Å². The van der Waals surface area contributed by atoms with Crippen LogP contribution >= 0.6 is 0 Å². The van der Waals surface area contributed by atoms with Gasteiger partial charge in [-0.15, -0.1) is 0 Å². The zero-order valence-corrected chi connectivity index (χ0v) is 10.7. The van der Waals surface area contributed by atoms with Gasteiger partial charge in [0.25, 0.3) is 0 Å². The molecule has 3 heteroatoms. The fourth-order valence-electron chi connectivity index (χ4n) is 1.70. The minimum absolute atomic E-state index is 0.0981. The zero-order valence-electron chi connectivity index (χ0n) is 10.7. The van der Waals surface area contributed by atoms with Gasteiger partial charge in [0, 0.05) is 0 Å². The predicted molar refractivity (Wildman–Crippen MR) is 63.7 cm³/mol. The second-order valence-corrected chi connectivity index (χ2v) is 4.19. The van der Waals surface area contributed by atoms with Crippen molar-refractivity contribution in [2.24, 2.45) is 11.8 Å². The minimum Gasteiger partial charge on any atom is -0.465 e. The number of ether oxygens (including phenoxy) is 1. The van der Waals surface area contributed by atoms with E-state index in [-0.39, 0.29) is 11.9 Å². The summed E-state index contributed by atoms with van der Waals surface area (Å²) >= 11 is 0. The lowest BCUT2D eigenvalue weighted by Crippen LogP contribution is -2.22. The normalized spacial score (nSPS) is 13.9. The second-order valence-electron chi connectivity index (χ2n) is 4.19. The van der Waals surface area contributed by atoms with Crippen molar-refractivity contribution in [3.63, 3.8) is 0 Å². The van der Waals surface area contributed by atoms with Crippen LogP contribution in [-0.2, 0) is 9.53 Å². The van der Waals surface area contributed by atoms with Crippen LogP contribution in [0.2, 0.25) is 0 Å². The van der Waals surface area contributed by atoms with Crippen LogP contribution in [0, 0.1) is 23.2 Å². The smallest absolute Gasteiger partial charge is 0.323 e. The number of hydrogen-bond donors (Lipinski definition) is 0. The highest BCUT2D eigenvalue weighted by Gasteiger charge is 2.25. The van der Waals surface area contributed by atoms with E-state index in [1.165, 1.54) is 19.3 Å². The summed E-state index contributed by atoms with van der Waals surface area (Å²) in [5, 5.41) is 8.95. The van der Waals surface area contributed by atoms with E-state index in [0.717, 1.165) is 12.8 Å². The molecule has 92 valence electrons. The van der Waals surface area contributed by atoms with Gasteiger partial charge in [-0.1, -0.05) is 39.5 Å². The largest absolute Gasteiger partial charge is 0.465 e. The molecule has 0 radical (unpaired) electrons. The van der Waals surface area contributed by atoms with Crippen molar-refractivity contribution in [1.82, 2.24) is 0 Å². The summed E-state index contributed by atoms with van der Waals surface area (Å²) < 4.78 is 4.88. The van der Waals surface area contributed by atoms with E-state index in [1.54, 1.807) is 6.92 Å². The third kappa shape index (κ3) is 5.75. The van der Waals surface area contributed by atoms with Crippen molar-refractivity contribution in [1.29, 1.82) is 5.26 Å². The molecule has 3 nitrogen and oxygen atoms in total. The maximum Gasteiger partial charge on any atom is 0.323 e. The molecule has 0 rings (SSSR count). The van der Waals surface area contributed by atoms with Gasteiger partial charge >= 0.3 is 5.97 Å². The van der Waals surface area contributed by atoms with Gasteiger partial charge in [0.1, 0.15) is 5.92 Å². The monoisotopic (exact) mass is 225 g/mol. The van der Waals surface area contributed by atoms with Gasteiger partial charge in [-0.3, -0.25) is 4.79 Å². The molecule has 0 heterocycles. The van der Waals surface area contributed by atoms with Crippen molar-refractivity contribution in [3.8, 4) is 6.07 Å². The van der Waals surface area contributed by atoms with Crippen molar-refractivity contribution in [3.05, 3.63) is 0 Å². The van der Waals surface area contributed by atoms with E-state index in [0.29, 0.717) is 6.61 Å². The molecule has 0 aromatic carbocycles. The molecule has 0 saturated heterocycles. The fourth-order valence-corrected chi connectivity index (χ4v) is 1.70. The van der Waals surface area contributed by atoms with Gasteiger partial charge < -0.3 is 4.74 Å². The summed E-state index contributed by atoms with van der Waals surface area (Å²) in [6.07, 6.45) is 5.63. The van der Waals surface area contributed by atoms with Crippen molar-refractivity contribution in [2.45, 2.75) is 52.9 Å². The Hall–Kier alpha value is -1.04. The number of hydrogen-bond acceptors (Lipinski definition) is 3. The Morgan fingerprint density at radius 3 is 2.50 bits per heavy atom. The third-order valence-corrected chi connectivity index (χ3v) is 2.76. The molecule has 16 heavy (non-hydrogen) atoms. The highest BCUT2D eigenvalue weighted by atomic mass is 16.5. The number of nitrogens with zero attached hydrogens (tertiary/aromatic N) is 1. The minimum atomic E-state index is -0.596. The maximum atomic E-state index is 11.5. The topological polar surface area (TPSA) is 50.1 Å². The van der Waals surface area contributed by atoms with E-state index in [2.05, 4.69) is 13.0 Å². The van der Waals surface area contributed by atoms with E-state index in [9.17, 15) is 4.79 Å². The molecule has 2 unspecified atom stereocenters. The average molecular weight is 225 g/mol. The van der Waals surface area contributed by atoms with E-state index >= 15 is 0 Å². The Kier molecular flexibility index (Phi) is 8.61. The Balaban J connectivity index is 3.97. The summed E-state index contributed by atoms with van der Waals surface area (Å²) in [5.74, 6) is -0.865. The highest BCUT2D eigenvalue weighted by Crippen LogP contribution is 2.20. The van der Waals surface area contributed by atoms with Crippen LogP contribution in [0.25, 0.3) is 0 Å². The van der Waals surface area contributed by atoms with Gasteiger partial charge in [0.05, 0.1) is 12.7 Å². The zero-order chi connectivity index (χ0) is 12.4. The number of unbranched alkanes of at least 4 members (excludes halogenated alkanes) is 3. The molecule has 0 spiro atoms. The summed E-state index contributed by atoms with van der Waals surface area (Å²) in [6.45, 7) is 6.23. The quantitative estimate of drug-likeness (QED) is 0.470. The molecule has 2 atom stereocenters. The first-order valence-electron chi connectivity index (χ1n) is 6.23. The molecule has 0 saturated carbocycles. The average Bonchev–Trinajstić information content (AvgIpc) is 2.26. The summed E-state index contributed by atoms with van der Waals surface area (Å²) in [5.41, 5.74) is 0. The molecule has 0 N–H and O–H groups in total. The van der Waals surface area contributed by atoms with Crippen LogP contribution in [-0.4, -0.2) is 12.6 Å².